The van der Waals surface area contributed by atoms with Crippen molar-refractivity contribution in [2.75, 3.05) is 39.6 Å². The first kappa shape index (κ1) is 20.5. The monoisotopic (exact) mass is 388 g/mol. The minimum atomic E-state index is -0.545. The molecule has 6 unspecified atom stereocenters. The van der Waals surface area contributed by atoms with Gasteiger partial charge in [-0.25, -0.2) is 9.59 Å². The molecule has 27 heavy (non-hydrogen) atoms. The van der Waals surface area contributed by atoms with Crippen molar-refractivity contribution in [2.24, 2.45) is 0 Å². The van der Waals surface area contributed by atoms with Crippen LogP contribution in [0.25, 0.3) is 0 Å². The van der Waals surface area contributed by atoms with Crippen molar-refractivity contribution >= 4 is 11.9 Å². The molecule has 0 aromatic rings. The Morgan fingerprint density at radius 2 is 1.11 bits per heavy atom. The van der Waals surface area contributed by atoms with Gasteiger partial charge in [-0.2, -0.15) is 0 Å². The molecule has 3 heterocycles. The summed E-state index contributed by atoms with van der Waals surface area (Å²) in [6.45, 7) is 5.47. The number of ether oxygens (including phenoxy) is 7. The lowest BCUT2D eigenvalue weighted by Gasteiger charge is -2.27. The van der Waals surface area contributed by atoms with Crippen LogP contribution in [-0.2, 0) is 42.7 Å². The molecule has 3 saturated heterocycles. The van der Waals surface area contributed by atoms with E-state index in [4.69, 9.17) is 33.2 Å². The van der Waals surface area contributed by atoms with Crippen molar-refractivity contribution in [2.45, 2.75) is 63.3 Å². The second kappa shape index (κ2) is 9.79. The van der Waals surface area contributed by atoms with Crippen molar-refractivity contribution in [1.82, 2.24) is 0 Å². The summed E-state index contributed by atoms with van der Waals surface area (Å²) in [4.78, 5) is 22.5. The van der Waals surface area contributed by atoms with Crippen molar-refractivity contribution < 1.29 is 42.7 Å². The summed E-state index contributed by atoms with van der Waals surface area (Å²) in [6, 6.07) is 0. The molecule has 3 aliphatic rings. The molecule has 0 saturated carbocycles. The maximum absolute atomic E-state index is 11.2. The third kappa shape index (κ3) is 6.11. The minimum Gasteiger partial charge on any atom is -0.461 e. The fourth-order valence-electron chi connectivity index (χ4n) is 3.21. The van der Waals surface area contributed by atoms with Gasteiger partial charge in [0.15, 0.2) is 12.2 Å². The fourth-order valence-corrected chi connectivity index (χ4v) is 3.21. The van der Waals surface area contributed by atoms with Gasteiger partial charge in [0, 0.05) is 0 Å². The molecule has 0 radical (unpaired) electrons. The Kier molecular flexibility index (Phi) is 7.42. The van der Waals surface area contributed by atoms with Crippen LogP contribution in [0.2, 0.25) is 0 Å². The highest BCUT2D eigenvalue weighted by molar-refractivity contribution is 5.75. The van der Waals surface area contributed by atoms with Gasteiger partial charge < -0.3 is 33.2 Å². The van der Waals surface area contributed by atoms with E-state index in [2.05, 4.69) is 0 Å². The summed E-state index contributed by atoms with van der Waals surface area (Å²) in [5.41, 5.74) is 0. The Morgan fingerprint density at radius 1 is 0.704 bits per heavy atom. The van der Waals surface area contributed by atoms with Gasteiger partial charge in [0.1, 0.15) is 25.4 Å². The van der Waals surface area contributed by atoms with E-state index in [1.807, 2.05) is 0 Å². The van der Waals surface area contributed by atoms with Gasteiger partial charge in [-0.05, 0) is 26.7 Å². The van der Waals surface area contributed by atoms with Crippen molar-refractivity contribution in [3.8, 4) is 0 Å². The van der Waals surface area contributed by atoms with Crippen LogP contribution in [0.5, 0.6) is 0 Å². The Labute approximate surface area is 158 Å². The molecule has 0 spiro atoms. The SMILES string of the molecule is CC1OC(COCC2CCC(COCC3COC(=O)C(C)O3)O2)COC1=O. The van der Waals surface area contributed by atoms with Crippen molar-refractivity contribution in [3.63, 3.8) is 0 Å². The molecule has 9 nitrogen and oxygen atoms in total. The molecule has 0 aromatic heterocycles. The zero-order chi connectivity index (χ0) is 19.2. The molecule has 9 heteroatoms. The summed E-state index contributed by atoms with van der Waals surface area (Å²) in [6.07, 6.45) is 0.296. The Balaban J connectivity index is 1.24. The van der Waals surface area contributed by atoms with E-state index < -0.39 is 12.2 Å². The number of esters is 2. The Morgan fingerprint density at radius 3 is 1.52 bits per heavy atom. The Bertz CT molecular complexity index is 467. The van der Waals surface area contributed by atoms with Crippen LogP contribution < -0.4 is 0 Å². The molecule has 3 fully saturated rings. The van der Waals surface area contributed by atoms with Crippen LogP contribution in [0.4, 0.5) is 0 Å². The number of carbonyl (C=O) groups excluding carboxylic acids is 2. The molecule has 3 aliphatic heterocycles. The van der Waals surface area contributed by atoms with E-state index >= 15 is 0 Å². The first-order valence-electron chi connectivity index (χ1n) is 9.46. The largest absolute Gasteiger partial charge is 0.461 e. The average Bonchev–Trinajstić information content (AvgIpc) is 3.09. The molecule has 0 aliphatic carbocycles. The van der Waals surface area contributed by atoms with Gasteiger partial charge in [0.05, 0.1) is 38.6 Å². The summed E-state index contributed by atoms with van der Waals surface area (Å²) in [5.74, 6) is -0.668. The van der Waals surface area contributed by atoms with Gasteiger partial charge in [0.25, 0.3) is 0 Å². The summed E-state index contributed by atoms with van der Waals surface area (Å²) in [7, 11) is 0. The lowest BCUT2D eigenvalue weighted by molar-refractivity contribution is -0.188. The smallest absolute Gasteiger partial charge is 0.335 e. The van der Waals surface area contributed by atoms with Crippen molar-refractivity contribution in [3.05, 3.63) is 0 Å². The van der Waals surface area contributed by atoms with E-state index in [1.54, 1.807) is 13.8 Å². The summed E-state index contributed by atoms with van der Waals surface area (Å²) in [5, 5.41) is 0. The minimum absolute atomic E-state index is 0.0223. The lowest BCUT2D eigenvalue weighted by Crippen LogP contribution is -2.41. The number of rotatable bonds is 8. The third-order valence-corrected chi connectivity index (χ3v) is 4.69. The van der Waals surface area contributed by atoms with Crippen LogP contribution >= 0.6 is 0 Å². The molecule has 0 bridgehead atoms. The highest BCUT2D eigenvalue weighted by Crippen LogP contribution is 2.21. The molecule has 6 atom stereocenters. The van der Waals surface area contributed by atoms with Crippen molar-refractivity contribution in [1.29, 1.82) is 0 Å². The predicted octanol–water partition coefficient (Wildman–Crippen LogP) is 0.228. The number of hydrogen-bond acceptors (Lipinski definition) is 9. The lowest BCUT2D eigenvalue weighted by atomic mass is 10.2. The van der Waals surface area contributed by atoms with Gasteiger partial charge in [-0.15, -0.1) is 0 Å². The maximum atomic E-state index is 11.2. The summed E-state index contributed by atoms with van der Waals surface area (Å²) >= 11 is 0. The highest BCUT2D eigenvalue weighted by Gasteiger charge is 2.30. The van der Waals surface area contributed by atoms with Crippen LogP contribution in [0.3, 0.4) is 0 Å². The van der Waals surface area contributed by atoms with Crippen LogP contribution in [-0.4, -0.2) is 88.2 Å². The molecular weight excluding hydrogens is 360 g/mol. The number of cyclic esters (lactones) is 2. The van der Waals surface area contributed by atoms with E-state index in [9.17, 15) is 9.59 Å². The van der Waals surface area contributed by atoms with E-state index in [0.29, 0.717) is 26.4 Å². The molecule has 0 amide bonds. The summed E-state index contributed by atoms with van der Waals surface area (Å²) < 4.78 is 38.3. The normalized spacial score (nSPS) is 37.1. The van der Waals surface area contributed by atoms with Crippen LogP contribution in [0, 0.1) is 0 Å². The maximum Gasteiger partial charge on any atom is 0.335 e. The molecule has 154 valence electrons. The zero-order valence-electron chi connectivity index (χ0n) is 15.8. The first-order chi connectivity index (χ1) is 13.0. The molecular formula is C18H28O9. The predicted molar refractivity (Wildman–Crippen MR) is 90.1 cm³/mol. The van der Waals surface area contributed by atoms with Gasteiger partial charge >= 0.3 is 11.9 Å². The second-order valence-electron chi connectivity index (χ2n) is 7.09. The van der Waals surface area contributed by atoms with Gasteiger partial charge in [0.2, 0.25) is 0 Å². The van der Waals surface area contributed by atoms with Crippen LogP contribution in [0.15, 0.2) is 0 Å². The van der Waals surface area contributed by atoms with Crippen LogP contribution in [0.1, 0.15) is 26.7 Å². The standard InChI is InChI=1S/C18H28O9/c1-11-17(19)23-9-15(25-11)7-21-5-13-3-4-14(27-13)6-22-8-16-10-24-18(20)12(2)26-16/h11-16H,3-10H2,1-2H3. The van der Waals surface area contributed by atoms with Gasteiger partial charge in [-0.3, -0.25) is 0 Å². The van der Waals surface area contributed by atoms with Gasteiger partial charge in [-0.1, -0.05) is 0 Å². The molecule has 0 aromatic carbocycles. The molecule has 0 N–H and O–H groups in total. The van der Waals surface area contributed by atoms with E-state index in [0.717, 1.165) is 12.8 Å². The average molecular weight is 388 g/mol. The highest BCUT2D eigenvalue weighted by atomic mass is 16.6. The Hall–Kier alpha value is -1.26. The molecule has 3 rings (SSSR count). The number of carbonyl (C=O) groups is 2. The number of hydrogen-bond donors (Lipinski definition) is 0. The second-order valence-corrected chi connectivity index (χ2v) is 7.09. The van der Waals surface area contributed by atoms with E-state index in [-0.39, 0.29) is 49.6 Å². The topological polar surface area (TPSA) is 98.8 Å². The van der Waals surface area contributed by atoms with E-state index in [1.165, 1.54) is 0 Å². The quantitative estimate of drug-likeness (QED) is 0.541. The fraction of sp³-hybridized carbons (Fsp3) is 0.889. The first-order valence-corrected chi connectivity index (χ1v) is 9.46. The third-order valence-electron chi connectivity index (χ3n) is 4.69. The zero-order valence-corrected chi connectivity index (χ0v) is 15.8.